The summed E-state index contributed by atoms with van der Waals surface area (Å²) >= 11 is 0. The van der Waals surface area contributed by atoms with Gasteiger partial charge in [-0.2, -0.15) is 5.26 Å². The van der Waals surface area contributed by atoms with E-state index < -0.39 is 18.0 Å². The van der Waals surface area contributed by atoms with Crippen molar-refractivity contribution in [1.82, 2.24) is 4.98 Å². The van der Waals surface area contributed by atoms with E-state index in [1.165, 1.54) is 25.3 Å². The number of nitrogens with one attached hydrogen (secondary N) is 1. The molecule has 0 fully saturated rings. The standard InChI is InChI=1S/C21H18F3N3O3/c1-4-29-20-19-15(7-8-26-20)27-11(2)17(12(3)28)18(19)14-6-5-13(10-25)9-16(14)30-21(22,23)24/h5-9,18,27H,4H2,1-3H3. The van der Waals surface area contributed by atoms with Gasteiger partial charge in [-0.25, -0.2) is 4.98 Å². The number of alkyl halides is 3. The Labute approximate surface area is 170 Å². The molecule has 6 nitrogen and oxygen atoms in total. The number of carbonyl (C=O) groups excluding carboxylic acids is 1. The fourth-order valence-electron chi connectivity index (χ4n) is 3.56. The van der Waals surface area contributed by atoms with Gasteiger partial charge in [0, 0.05) is 34.3 Å². The molecule has 1 N–H and O–H groups in total. The highest BCUT2D eigenvalue weighted by Crippen LogP contribution is 2.48. The number of pyridine rings is 1. The summed E-state index contributed by atoms with van der Waals surface area (Å²) in [6.45, 7) is 5.03. The number of nitrogens with zero attached hydrogens (tertiary/aromatic N) is 2. The van der Waals surface area contributed by atoms with Crippen molar-refractivity contribution in [3.05, 3.63) is 58.4 Å². The maximum Gasteiger partial charge on any atom is 0.573 e. The van der Waals surface area contributed by atoms with Crippen molar-refractivity contribution in [2.24, 2.45) is 0 Å². The number of hydrogen-bond donors (Lipinski definition) is 1. The molecule has 0 saturated heterocycles. The zero-order chi connectivity index (χ0) is 22.1. The molecule has 0 radical (unpaired) electrons. The summed E-state index contributed by atoms with van der Waals surface area (Å²) in [5, 5.41) is 12.2. The topological polar surface area (TPSA) is 84.2 Å². The summed E-state index contributed by atoms with van der Waals surface area (Å²) in [5.41, 5.74) is 1.81. The van der Waals surface area contributed by atoms with Crippen LogP contribution in [0.15, 0.2) is 41.7 Å². The van der Waals surface area contributed by atoms with Crippen molar-refractivity contribution >= 4 is 11.5 Å². The predicted molar refractivity (Wildman–Crippen MR) is 102 cm³/mol. The lowest BCUT2D eigenvalue weighted by Crippen LogP contribution is -2.25. The number of halogens is 3. The average Bonchev–Trinajstić information content (AvgIpc) is 2.65. The van der Waals surface area contributed by atoms with Crippen LogP contribution in [0.1, 0.15) is 43.4 Å². The van der Waals surface area contributed by atoms with Crippen molar-refractivity contribution in [1.29, 1.82) is 5.26 Å². The highest BCUT2D eigenvalue weighted by Gasteiger charge is 2.38. The highest BCUT2D eigenvalue weighted by molar-refractivity contribution is 5.99. The molecule has 3 rings (SSSR count). The fraction of sp³-hybridized carbons (Fsp3) is 0.286. The third-order valence-electron chi connectivity index (χ3n) is 4.60. The molecule has 2 heterocycles. The van der Waals surface area contributed by atoms with E-state index in [0.717, 1.165) is 6.07 Å². The number of aromatic nitrogens is 1. The molecule has 0 saturated carbocycles. The van der Waals surface area contributed by atoms with Gasteiger partial charge >= 0.3 is 6.36 Å². The van der Waals surface area contributed by atoms with Crippen molar-refractivity contribution in [3.8, 4) is 17.7 Å². The van der Waals surface area contributed by atoms with Crippen LogP contribution < -0.4 is 14.8 Å². The van der Waals surface area contributed by atoms with Crippen molar-refractivity contribution in [2.75, 3.05) is 11.9 Å². The molecule has 1 aliphatic heterocycles. The Morgan fingerprint density at radius 1 is 1.33 bits per heavy atom. The number of hydrogen-bond acceptors (Lipinski definition) is 6. The normalized spacial score (nSPS) is 15.7. The Morgan fingerprint density at radius 3 is 2.67 bits per heavy atom. The van der Waals surface area contributed by atoms with Crippen molar-refractivity contribution in [2.45, 2.75) is 33.1 Å². The van der Waals surface area contributed by atoms with Gasteiger partial charge in [0.25, 0.3) is 0 Å². The lowest BCUT2D eigenvalue weighted by atomic mass is 9.79. The van der Waals surface area contributed by atoms with Gasteiger partial charge in [0.2, 0.25) is 5.88 Å². The van der Waals surface area contributed by atoms with Gasteiger partial charge in [0.15, 0.2) is 5.78 Å². The molecule has 1 aromatic carbocycles. The van der Waals surface area contributed by atoms with Crippen molar-refractivity contribution in [3.63, 3.8) is 0 Å². The molecule has 0 bridgehead atoms. The smallest absolute Gasteiger partial charge is 0.478 e. The van der Waals surface area contributed by atoms with Gasteiger partial charge < -0.3 is 14.8 Å². The van der Waals surface area contributed by atoms with Crippen LogP contribution in [0.5, 0.6) is 11.6 Å². The Kier molecular flexibility index (Phi) is 5.69. The van der Waals surface area contributed by atoms with E-state index in [1.54, 1.807) is 26.0 Å². The van der Waals surface area contributed by atoms with Gasteiger partial charge in [-0.3, -0.25) is 4.79 Å². The predicted octanol–water partition coefficient (Wildman–Crippen LogP) is 4.67. The van der Waals surface area contributed by atoms with Gasteiger partial charge in [-0.05, 0) is 39.0 Å². The monoisotopic (exact) mass is 417 g/mol. The number of rotatable bonds is 5. The van der Waals surface area contributed by atoms with Crippen LogP contribution in [0.4, 0.5) is 18.9 Å². The van der Waals surface area contributed by atoms with Gasteiger partial charge in [0.1, 0.15) is 5.75 Å². The summed E-state index contributed by atoms with van der Waals surface area (Å²) in [4.78, 5) is 16.7. The number of ether oxygens (including phenoxy) is 2. The summed E-state index contributed by atoms with van der Waals surface area (Å²) in [5.74, 6) is -1.62. The van der Waals surface area contributed by atoms with E-state index in [0.29, 0.717) is 16.9 Å². The molecule has 1 aliphatic rings. The van der Waals surface area contributed by atoms with Gasteiger partial charge in [-0.1, -0.05) is 6.07 Å². The van der Waals surface area contributed by atoms with E-state index in [-0.39, 0.29) is 35.0 Å². The maximum atomic E-state index is 13.1. The summed E-state index contributed by atoms with van der Waals surface area (Å²) in [6.07, 6.45) is -3.47. The number of carbonyl (C=O) groups is 1. The van der Waals surface area contributed by atoms with Crippen LogP contribution in [0.2, 0.25) is 0 Å². The molecular formula is C21H18F3N3O3. The highest BCUT2D eigenvalue weighted by atomic mass is 19.4. The molecule has 30 heavy (non-hydrogen) atoms. The number of ketones is 1. The van der Waals surface area contributed by atoms with Crippen LogP contribution >= 0.6 is 0 Å². The number of Topliss-reactive ketones (excluding diaryl/α,β-unsaturated/α-hetero) is 1. The molecule has 156 valence electrons. The first-order valence-corrected chi connectivity index (χ1v) is 9.06. The largest absolute Gasteiger partial charge is 0.573 e. The summed E-state index contributed by atoms with van der Waals surface area (Å²) < 4.78 is 49.2. The van der Waals surface area contributed by atoms with E-state index in [2.05, 4.69) is 15.0 Å². The minimum absolute atomic E-state index is 0.00606. The Balaban J connectivity index is 2.33. The van der Waals surface area contributed by atoms with Crippen LogP contribution in [-0.4, -0.2) is 23.7 Å². The Morgan fingerprint density at radius 2 is 2.07 bits per heavy atom. The maximum absolute atomic E-state index is 13.1. The first-order valence-electron chi connectivity index (χ1n) is 9.06. The molecule has 0 aliphatic carbocycles. The molecule has 1 atom stereocenters. The average molecular weight is 417 g/mol. The quantitative estimate of drug-likeness (QED) is 0.761. The van der Waals surface area contributed by atoms with E-state index in [1.807, 2.05) is 0 Å². The fourth-order valence-corrected chi connectivity index (χ4v) is 3.56. The van der Waals surface area contributed by atoms with E-state index >= 15 is 0 Å². The number of anilines is 1. The summed E-state index contributed by atoms with van der Waals surface area (Å²) in [6, 6.07) is 7.20. The second-order valence-corrected chi connectivity index (χ2v) is 6.58. The minimum atomic E-state index is -4.98. The third-order valence-corrected chi connectivity index (χ3v) is 4.60. The molecule has 9 heteroatoms. The Hall–Kier alpha value is -3.54. The van der Waals surface area contributed by atoms with Crippen LogP contribution in [0.25, 0.3) is 0 Å². The Bertz CT molecular complexity index is 1070. The molecular weight excluding hydrogens is 399 g/mol. The zero-order valence-corrected chi connectivity index (χ0v) is 16.4. The number of allylic oxidation sites excluding steroid dienone is 2. The van der Waals surface area contributed by atoms with Gasteiger partial charge in [-0.15, -0.1) is 13.2 Å². The van der Waals surface area contributed by atoms with Gasteiger partial charge in [0.05, 0.1) is 24.2 Å². The number of nitriles is 1. The number of fused-ring (bicyclic) bond motifs is 1. The van der Waals surface area contributed by atoms with E-state index in [9.17, 15) is 18.0 Å². The molecule has 0 amide bonds. The van der Waals surface area contributed by atoms with Crippen molar-refractivity contribution < 1.29 is 27.4 Å². The first kappa shape index (κ1) is 21.2. The van der Waals surface area contributed by atoms with Crippen LogP contribution in [0.3, 0.4) is 0 Å². The lowest BCUT2D eigenvalue weighted by Gasteiger charge is -2.32. The summed E-state index contributed by atoms with van der Waals surface area (Å²) in [7, 11) is 0. The van der Waals surface area contributed by atoms with Crippen LogP contribution in [0, 0.1) is 11.3 Å². The second kappa shape index (κ2) is 8.06. The molecule has 1 unspecified atom stereocenters. The SMILES string of the molecule is CCOc1nccc2c1C(c1ccc(C#N)cc1OC(F)(F)F)C(C(C)=O)=C(C)N2. The third kappa shape index (κ3) is 4.08. The number of benzene rings is 1. The minimum Gasteiger partial charge on any atom is -0.478 e. The lowest BCUT2D eigenvalue weighted by molar-refractivity contribution is -0.274. The molecule has 0 spiro atoms. The van der Waals surface area contributed by atoms with E-state index in [4.69, 9.17) is 10.00 Å². The second-order valence-electron chi connectivity index (χ2n) is 6.58. The van der Waals surface area contributed by atoms with Crippen LogP contribution in [-0.2, 0) is 4.79 Å². The molecule has 1 aromatic heterocycles. The molecule has 2 aromatic rings. The first-order chi connectivity index (χ1) is 14.2. The zero-order valence-electron chi connectivity index (χ0n) is 16.4.